The summed E-state index contributed by atoms with van der Waals surface area (Å²) in [4.78, 5) is 9.10. The minimum atomic E-state index is 0.142. The van der Waals surface area contributed by atoms with Crippen molar-refractivity contribution in [2.24, 2.45) is 0 Å². The minimum absolute atomic E-state index is 0.142. The molecule has 6 aromatic rings. The van der Waals surface area contributed by atoms with Gasteiger partial charge < -0.3 is 19.2 Å². The van der Waals surface area contributed by atoms with Crippen LogP contribution in [-0.4, -0.2) is 27.1 Å². The zero-order chi connectivity index (χ0) is 26.9. The van der Waals surface area contributed by atoms with Gasteiger partial charge in [0.05, 0.1) is 10.7 Å². The Hall–Kier alpha value is -5.22. The Morgan fingerprint density at radius 3 is 1.76 bits per heavy atom. The summed E-state index contributed by atoms with van der Waals surface area (Å²) in [6.07, 6.45) is 0. The highest BCUT2D eigenvalue weighted by molar-refractivity contribution is 6.11. The van der Waals surface area contributed by atoms with Gasteiger partial charge in [-0.05, 0) is 63.1 Å². The first-order valence-electron chi connectivity index (χ1n) is 11.8. The molecular weight excluding hydrogens is 477 g/mol. The van der Waals surface area contributed by atoms with Crippen molar-refractivity contribution in [3.05, 3.63) is 81.4 Å². The molecule has 6 rings (SSSR count). The van der Waals surface area contributed by atoms with E-state index in [0.717, 1.165) is 11.1 Å². The van der Waals surface area contributed by atoms with Gasteiger partial charge in [-0.25, -0.2) is 9.97 Å². The summed E-state index contributed by atoms with van der Waals surface area (Å²) in [5, 5.41) is 22.5. The lowest BCUT2D eigenvalue weighted by atomic mass is 10.1. The van der Waals surface area contributed by atoms with E-state index in [1.54, 1.807) is 13.8 Å². The second-order valence-electron chi connectivity index (χ2n) is 9.31. The fraction of sp³-hybridized carbons (Fsp3) is 0.143. The van der Waals surface area contributed by atoms with Crippen molar-refractivity contribution in [1.82, 2.24) is 19.1 Å². The maximum absolute atomic E-state index is 10.2. The van der Waals surface area contributed by atoms with E-state index in [1.807, 2.05) is 50.2 Å². The molecule has 0 saturated heterocycles. The van der Waals surface area contributed by atoms with Crippen molar-refractivity contribution in [2.45, 2.75) is 27.7 Å². The highest BCUT2D eigenvalue weighted by Crippen LogP contribution is 2.25. The molecule has 0 aliphatic heterocycles. The van der Waals surface area contributed by atoms with E-state index < -0.39 is 0 Å². The van der Waals surface area contributed by atoms with Crippen LogP contribution in [0.2, 0.25) is 0 Å². The molecule has 0 spiro atoms. The molecule has 4 aromatic heterocycles. The summed E-state index contributed by atoms with van der Waals surface area (Å²) in [6, 6.07) is 15.7. The number of benzene rings is 2. The molecule has 4 heterocycles. The molecule has 2 N–H and O–H groups in total. The fourth-order valence-electron chi connectivity index (χ4n) is 4.94. The van der Waals surface area contributed by atoms with Gasteiger partial charge in [0.25, 0.3) is 0 Å². The fourth-order valence-corrected chi connectivity index (χ4v) is 4.94. The minimum Gasteiger partial charge on any atom is -0.435 e. The van der Waals surface area contributed by atoms with Gasteiger partial charge in [0, 0.05) is 22.2 Å². The van der Waals surface area contributed by atoms with Gasteiger partial charge in [0.2, 0.25) is 19.8 Å². The van der Waals surface area contributed by atoms with Gasteiger partial charge in [-0.15, -0.1) is 0 Å². The molecule has 0 saturated carbocycles. The monoisotopic (exact) mass is 497 g/mol. The molecular formula is C28H20BN7O2. The highest BCUT2D eigenvalue weighted by Gasteiger charge is 2.24. The van der Waals surface area contributed by atoms with Gasteiger partial charge in [-0.2, -0.15) is 10.5 Å². The number of fused-ring (bicyclic) bond motifs is 3. The molecule has 0 aliphatic carbocycles. The van der Waals surface area contributed by atoms with Gasteiger partial charge in [-0.3, -0.25) is 4.68 Å². The summed E-state index contributed by atoms with van der Waals surface area (Å²) < 4.78 is 14.7. The first-order chi connectivity index (χ1) is 18.2. The Morgan fingerprint density at radius 2 is 1.26 bits per heavy atom. The quantitative estimate of drug-likeness (QED) is 0.287. The van der Waals surface area contributed by atoms with E-state index in [1.165, 1.54) is 9.15 Å². The van der Waals surface area contributed by atoms with Crippen molar-refractivity contribution in [2.75, 3.05) is 5.84 Å². The SMILES string of the molecule is [B]n1c(C)c2/c(=C(\C#N)c3nc4cc(C)ccc4o3)n(N)c(C)c2/c1=C(\C#N)c1nc2cc(C)ccc2o1. The summed E-state index contributed by atoms with van der Waals surface area (Å²) in [5.74, 6) is 6.82. The van der Waals surface area contributed by atoms with Crippen molar-refractivity contribution in [3.8, 4) is 12.1 Å². The number of hydrogen-bond donors (Lipinski definition) is 1. The largest absolute Gasteiger partial charge is 0.435 e. The number of oxazole rings is 2. The normalized spacial score (nSPS) is 13.2. The molecule has 0 fully saturated rings. The summed E-state index contributed by atoms with van der Waals surface area (Å²) in [5.41, 5.74) is 5.91. The number of aryl methyl sites for hydroxylation is 4. The van der Waals surface area contributed by atoms with Crippen LogP contribution >= 0.6 is 0 Å². The molecule has 0 aliphatic rings. The van der Waals surface area contributed by atoms with E-state index in [0.29, 0.717) is 55.1 Å². The third-order valence-corrected chi connectivity index (χ3v) is 6.86. The Balaban J connectivity index is 1.75. The summed E-state index contributed by atoms with van der Waals surface area (Å²) in [7, 11) is 6.53. The van der Waals surface area contributed by atoms with E-state index in [9.17, 15) is 10.5 Å². The lowest BCUT2D eigenvalue weighted by molar-refractivity contribution is 0.584. The van der Waals surface area contributed by atoms with Crippen LogP contribution in [0.1, 0.15) is 34.3 Å². The Kier molecular flexibility index (Phi) is 4.98. The number of nitrogen functional groups attached to an aromatic ring is 1. The first kappa shape index (κ1) is 23.2. The molecule has 0 unspecified atom stereocenters. The lowest BCUT2D eigenvalue weighted by Crippen LogP contribution is -2.29. The first-order valence-corrected chi connectivity index (χ1v) is 11.8. The molecule has 2 radical (unpaired) electrons. The van der Waals surface area contributed by atoms with Crippen LogP contribution in [0.25, 0.3) is 44.1 Å². The van der Waals surface area contributed by atoms with E-state index in [-0.39, 0.29) is 22.9 Å². The van der Waals surface area contributed by atoms with Crippen LogP contribution in [0.5, 0.6) is 0 Å². The predicted octanol–water partition coefficient (Wildman–Crippen LogP) is 3.05. The lowest BCUT2D eigenvalue weighted by Gasteiger charge is -2.04. The van der Waals surface area contributed by atoms with E-state index >= 15 is 0 Å². The third kappa shape index (κ3) is 3.17. The van der Waals surface area contributed by atoms with Gasteiger partial charge in [0.15, 0.2) is 11.2 Å². The van der Waals surface area contributed by atoms with Crippen LogP contribution < -0.4 is 16.5 Å². The maximum atomic E-state index is 10.2. The third-order valence-electron chi connectivity index (χ3n) is 6.86. The number of aromatic nitrogens is 4. The highest BCUT2D eigenvalue weighted by atomic mass is 16.4. The molecule has 0 atom stereocenters. The Labute approximate surface area is 217 Å². The van der Waals surface area contributed by atoms with E-state index in [2.05, 4.69) is 22.1 Å². The maximum Gasteiger partial charge on any atom is 0.240 e. The average Bonchev–Trinajstić information content (AvgIpc) is 3.62. The van der Waals surface area contributed by atoms with Gasteiger partial charge in [-0.1, -0.05) is 12.1 Å². The van der Waals surface area contributed by atoms with Crippen LogP contribution in [-0.2, 0) is 0 Å². The number of nitrogens with zero attached hydrogens (tertiary/aromatic N) is 6. The molecule has 0 amide bonds. The van der Waals surface area contributed by atoms with Crippen LogP contribution in [0.15, 0.2) is 45.2 Å². The molecule has 10 heteroatoms. The van der Waals surface area contributed by atoms with Gasteiger partial charge in [0.1, 0.15) is 34.3 Å². The molecule has 9 nitrogen and oxygen atoms in total. The molecule has 0 bridgehead atoms. The zero-order valence-corrected chi connectivity index (χ0v) is 21.1. The number of nitrogens with two attached hydrogens (primary N) is 1. The van der Waals surface area contributed by atoms with Crippen molar-refractivity contribution in [3.63, 3.8) is 0 Å². The Morgan fingerprint density at radius 1 is 0.789 bits per heavy atom. The van der Waals surface area contributed by atoms with E-state index in [4.69, 9.17) is 22.7 Å². The van der Waals surface area contributed by atoms with Gasteiger partial charge >= 0.3 is 0 Å². The Bertz CT molecular complexity index is 2020. The summed E-state index contributed by atoms with van der Waals surface area (Å²) >= 11 is 0. The summed E-state index contributed by atoms with van der Waals surface area (Å²) in [6.45, 7) is 7.50. The molecule has 182 valence electrons. The van der Waals surface area contributed by atoms with Crippen LogP contribution in [0.4, 0.5) is 0 Å². The second kappa shape index (κ2) is 8.15. The number of rotatable bonds is 2. The number of nitriles is 2. The van der Waals surface area contributed by atoms with Crippen molar-refractivity contribution < 1.29 is 8.83 Å². The van der Waals surface area contributed by atoms with Crippen LogP contribution in [0, 0.1) is 50.4 Å². The second-order valence-corrected chi connectivity index (χ2v) is 9.31. The topological polar surface area (TPSA) is 136 Å². The molecule has 38 heavy (non-hydrogen) atoms. The number of hydrogen-bond acceptors (Lipinski definition) is 7. The van der Waals surface area contributed by atoms with Crippen molar-refractivity contribution in [1.29, 1.82) is 10.5 Å². The zero-order valence-electron chi connectivity index (χ0n) is 21.1. The van der Waals surface area contributed by atoms with Crippen molar-refractivity contribution >= 4 is 52.1 Å². The smallest absolute Gasteiger partial charge is 0.240 e. The molecule has 2 aromatic carbocycles. The predicted molar refractivity (Wildman–Crippen MR) is 144 cm³/mol. The standard InChI is InChI=1S/C28H20BN7O2/c1-13-5-7-21-19(9-13)33-27(37-21)17(11-30)25-24-16(4)36(32)26(23(24)15(3)35(25)29)18(12-31)28-34-20-10-14(2)6-8-22(20)38-28/h5-10H,32H2,1-4H3/b25-17-,26-18-. The average molecular weight is 497 g/mol. The van der Waals surface area contributed by atoms with Crippen LogP contribution in [0.3, 0.4) is 0 Å².